The number of aliphatic carboxylic acids is 1. The minimum absolute atomic E-state index is 0.0124. The van der Waals surface area contributed by atoms with Gasteiger partial charge in [0.25, 0.3) is 0 Å². The molecule has 0 bridgehead atoms. The average molecular weight is 365 g/mol. The molecule has 1 atom stereocenters. The zero-order chi connectivity index (χ0) is 19.3. The summed E-state index contributed by atoms with van der Waals surface area (Å²) in [5, 5.41) is 15.5. The van der Waals surface area contributed by atoms with E-state index in [9.17, 15) is 19.1 Å². The molecule has 26 heavy (non-hydrogen) atoms. The first kappa shape index (κ1) is 19.4. The quantitative estimate of drug-likeness (QED) is 0.737. The highest BCUT2D eigenvalue weighted by Crippen LogP contribution is 2.22. The van der Waals surface area contributed by atoms with E-state index in [2.05, 4.69) is 15.5 Å². The Morgan fingerprint density at radius 3 is 2.65 bits per heavy atom. The smallest absolute Gasteiger partial charge is 0.330 e. The number of carboxylic acid groups (broad SMARTS) is 1. The number of rotatable bonds is 8. The van der Waals surface area contributed by atoms with Crippen molar-refractivity contribution < 1.29 is 28.3 Å². The lowest BCUT2D eigenvalue weighted by atomic mass is 10.1. The number of ether oxygens (including phenoxy) is 1. The van der Waals surface area contributed by atoms with Crippen molar-refractivity contribution in [2.24, 2.45) is 0 Å². The highest BCUT2D eigenvalue weighted by atomic mass is 19.1. The van der Waals surface area contributed by atoms with E-state index in [1.54, 1.807) is 0 Å². The van der Waals surface area contributed by atoms with Gasteiger partial charge in [-0.15, -0.1) is 0 Å². The van der Waals surface area contributed by atoms with Gasteiger partial charge in [0.1, 0.15) is 0 Å². The molecule has 0 aliphatic rings. The van der Waals surface area contributed by atoms with Crippen LogP contribution in [-0.2, 0) is 16.0 Å². The summed E-state index contributed by atoms with van der Waals surface area (Å²) in [6.45, 7) is 3.82. The van der Waals surface area contributed by atoms with Gasteiger partial charge in [-0.2, -0.15) is 4.98 Å². The van der Waals surface area contributed by atoms with Crippen molar-refractivity contribution >= 4 is 11.9 Å². The van der Waals surface area contributed by atoms with E-state index in [1.165, 1.54) is 19.2 Å². The molecule has 2 rings (SSSR count). The molecular formula is C17H20FN3O5. The molecule has 0 spiro atoms. The second-order valence-corrected chi connectivity index (χ2v) is 5.93. The fraction of sp³-hybridized carbons (Fsp3) is 0.412. The summed E-state index contributed by atoms with van der Waals surface area (Å²) >= 11 is 0. The van der Waals surface area contributed by atoms with Gasteiger partial charge in [-0.05, 0) is 17.7 Å². The van der Waals surface area contributed by atoms with Gasteiger partial charge in [-0.25, -0.2) is 9.18 Å². The largest absolute Gasteiger partial charge is 0.494 e. The lowest BCUT2D eigenvalue weighted by molar-refractivity contribution is -0.142. The Kier molecular flexibility index (Phi) is 6.26. The maximum Gasteiger partial charge on any atom is 0.330 e. The summed E-state index contributed by atoms with van der Waals surface area (Å²) in [6.07, 6.45) is 0.136. The van der Waals surface area contributed by atoms with Gasteiger partial charge in [0.2, 0.25) is 11.8 Å². The molecule has 2 aromatic rings. The summed E-state index contributed by atoms with van der Waals surface area (Å²) in [7, 11) is 1.30. The number of amides is 1. The van der Waals surface area contributed by atoms with Crippen molar-refractivity contribution in [2.75, 3.05) is 7.11 Å². The Labute approximate surface area is 149 Å². The number of hydrogen-bond donors (Lipinski definition) is 2. The average Bonchev–Trinajstić information content (AvgIpc) is 3.07. The lowest BCUT2D eigenvalue weighted by Crippen LogP contribution is -2.34. The number of halogens is 1. The van der Waals surface area contributed by atoms with Gasteiger partial charge < -0.3 is 19.7 Å². The van der Waals surface area contributed by atoms with Crippen molar-refractivity contribution in [3.8, 4) is 5.75 Å². The van der Waals surface area contributed by atoms with Crippen LogP contribution in [0.3, 0.4) is 0 Å². The second-order valence-electron chi connectivity index (χ2n) is 5.93. The third-order valence-corrected chi connectivity index (χ3v) is 3.63. The number of methoxy groups -OCH3 is 1. The number of nitrogens with zero attached hydrogens (tertiary/aromatic N) is 2. The summed E-state index contributed by atoms with van der Waals surface area (Å²) in [5.41, 5.74) is 0.101. The summed E-state index contributed by atoms with van der Waals surface area (Å²) < 4.78 is 23.6. The van der Waals surface area contributed by atoms with Gasteiger partial charge in [0, 0.05) is 18.8 Å². The van der Waals surface area contributed by atoms with E-state index in [-0.39, 0.29) is 30.1 Å². The number of carboxylic acids is 1. The first-order valence-electron chi connectivity index (χ1n) is 8.00. The molecule has 0 aliphatic carbocycles. The molecular weight excluding hydrogens is 345 g/mol. The van der Waals surface area contributed by atoms with Crippen LogP contribution in [-0.4, -0.2) is 34.2 Å². The van der Waals surface area contributed by atoms with Gasteiger partial charge in [0.05, 0.1) is 7.11 Å². The number of benzene rings is 1. The third-order valence-electron chi connectivity index (χ3n) is 3.63. The first-order chi connectivity index (χ1) is 12.3. The third kappa shape index (κ3) is 4.78. The second kappa shape index (κ2) is 8.41. The Bertz CT molecular complexity index is 790. The standard InChI is InChI=1S/C17H20FN3O5/c1-9(2)16-20-14(26-21-16)7-6-13(22)19-15(17(23)24)10-4-5-12(25-3)11(18)8-10/h4-5,8-9,15H,6-7H2,1-3H3,(H,19,22)(H,23,24). The molecule has 0 aliphatic heterocycles. The van der Waals surface area contributed by atoms with E-state index in [4.69, 9.17) is 9.26 Å². The Morgan fingerprint density at radius 2 is 2.12 bits per heavy atom. The van der Waals surface area contributed by atoms with Crippen molar-refractivity contribution in [1.29, 1.82) is 0 Å². The van der Waals surface area contributed by atoms with Crippen LogP contribution in [0.25, 0.3) is 0 Å². The number of nitrogens with one attached hydrogen (secondary N) is 1. The number of carbonyl (C=O) groups excluding carboxylic acids is 1. The summed E-state index contributed by atoms with van der Waals surface area (Å²) in [5.74, 6) is -1.62. The SMILES string of the molecule is COc1ccc(C(NC(=O)CCc2nc(C(C)C)no2)C(=O)O)cc1F. The minimum atomic E-state index is -1.38. The summed E-state index contributed by atoms with van der Waals surface area (Å²) in [6, 6.07) is 2.33. The Balaban J connectivity index is 2.01. The zero-order valence-electron chi connectivity index (χ0n) is 14.7. The van der Waals surface area contributed by atoms with Crippen LogP contribution >= 0.6 is 0 Å². The molecule has 2 N–H and O–H groups in total. The van der Waals surface area contributed by atoms with E-state index in [0.717, 1.165) is 6.07 Å². The van der Waals surface area contributed by atoms with Gasteiger partial charge in [-0.1, -0.05) is 25.1 Å². The molecule has 140 valence electrons. The molecule has 1 amide bonds. The number of hydrogen-bond acceptors (Lipinski definition) is 6. The van der Waals surface area contributed by atoms with Crippen molar-refractivity contribution in [2.45, 2.75) is 38.6 Å². The van der Waals surface area contributed by atoms with E-state index < -0.39 is 23.7 Å². The number of aromatic nitrogens is 2. The fourth-order valence-corrected chi connectivity index (χ4v) is 2.21. The topological polar surface area (TPSA) is 115 Å². The van der Waals surface area contributed by atoms with Gasteiger partial charge >= 0.3 is 5.97 Å². The van der Waals surface area contributed by atoms with Gasteiger partial charge in [0.15, 0.2) is 23.4 Å². The van der Waals surface area contributed by atoms with E-state index in [1.807, 2.05) is 13.8 Å². The van der Waals surface area contributed by atoms with Crippen molar-refractivity contribution in [3.05, 3.63) is 41.3 Å². The fourth-order valence-electron chi connectivity index (χ4n) is 2.21. The maximum absolute atomic E-state index is 13.8. The molecule has 1 heterocycles. The highest BCUT2D eigenvalue weighted by Gasteiger charge is 2.23. The van der Waals surface area contributed by atoms with Crippen LogP contribution in [0.5, 0.6) is 5.75 Å². The molecule has 0 saturated heterocycles. The van der Waals surface area contributed by atoms with Crippen molar-refractivity contribution in [1.82, 2.24) is 15.5 Å². The predicted molar refractivity (Wildman–Crippen MR) is 88.2 cm³/mol. The number of aryl methyl sites for hydroxylation is 1. The predicted octanol–water partition coefficient (Wildman–Crippen LogP) is 2.22. The zero-order valence-corrected chi connectivity index (χ0v) is 14.7. The monoisotopic (exact) mass is 365 g/mol. The van der Waals surface area contributed by atoms with Crippen LogP contribution in [0.2, 0.25) is 0 Å². The number of carbonyl (C=O) groups is 2. The van der Waals surface area contributed by atoms with Crippen LogP contribution in [0, 0.1) is 5.82 Å². The van der Waals surface area contributed by atoms with Crippen LogP contribution in [0.1, 0.15) is 49.5 Å². The van der Waals surface area contributed by atoms with E-state index >= 15 is 0 Å². The van der Waals surface area contributed by atoms with Gasteiger partial charge in [-0.3, -0.25) is 4.79 Å². The lowest BCUT2D eigenvalue weighted by Gasteiger charge is -2.15. The van der Waals surface area contributed by atoms with Crippen LogP contribution in [0.4, 0.5) is 4.39 Å². The maximum atomic E-state index is 13.8. The van der Waals surface area contributed by atoms with Crippen LogP contribution in [0.15, 0.2) is 22.7 Å². The van der Waals surface area contributed by atoms with Crippen LogP contribution < -0.4 is 10.1 Å². The molecule has 9 heteroatoms. The molecule has 8 nitrogen and oxygen atoms in total. The molecule has 0 fully saturated rings. The van der Waals surface area contributed by atoms with Crippen molar-refractivity contribution in [3.63, 3.8) is 0 Å². The Morgan fingerprint density at radius 1 is 1.38 bits per heavy atom. The summed E-state index contributed by atoms with van der Waals surface area (Å²) in [4.78, 5) is 27.7. The first-order valence-corrected chi connectivity index (χ1v) is 8.00. The molecule has 0 radical (unpaired) electrons. The molecule has 0 saturated carbocycles. The normalized spacial score (nSPS) is 12.0. The van der Waals surface area contributed by atoms with E-state index in [0.29, 0.717) is 11.7 Å². The molecule has 1 aromatic heterocycles. The minimum Gasteiger partial charge on any atom is -0.494 e. The highest BCUT2D eigenvalue weighted by molar-refractivity contribution is 5.84. The molecule has 1 unspecified atom stereocenters. The Hall–Kier alpha value is -2.97. The molecule has 1 aromatic carbocycles.